The molecule has 2 bridgehead atoms. The van der Waals surface area contributed by atoms with Gasteiger partial charge in [0.2, 0.25) is 11.3 Å². The molecule has 2 fully saturated rings. The summed E-state index contributed by atoms with van der Waals surface area (Å²) in [7, 11) is 0. The van der Waals surface area contributed by atoms with E-state index in [-0.39, 0.29) is 5.90 Å². The van der Waals surface area contributed by atoms with Crippen LogP contribution in [0.5, 0.6) is 0 Å². The van der Waals surface area contributed by atoms with Gasteiger partial charge in [-0.15, -0.1) is 0 Å². The van der Waals surface area contributed by atoms with E-state index in [4.69, 9.17) is 10.1 Å². The molecule has 1 N–H and O–H groups in total. The Hall–Kier alpha value is -2.06. The van der Waals surface area contributed by atoms with Crippen LogP contribution in [0.25, 0.3) is 0 Å². The molecule has 86 valence electrons. The molecule has 2 rings (SSSR count). The fourth-order valence-corrected chi connectivity index (χ4v) is 3.62. The van der Waals surface area contributed by atoms with Crippen LogP contribution in [0, 0.1) is 55.6 Å². The van der Waals surface area contributed by atoms with Crippen LogP contribution in [0.4, 0.5) is 0 Å². The zero-order valence-electron chi connectivity index (χ0n) is 9.96. The van der Waals surface area contributed by atoms with Gasteiger partial charge in [0.05, 0.1) is 18.2 Å². The smallest absolute Gasteiger partial charge is 0.210 e. The molecule has 1 aliphatic carbocycles. The van der Waals surface area contributed by atoms with Crippen LogP contribution < -0.4 is 0 Å². The van der Waals surface area contributed by atoms with Gasteiger partial charge in [-0.05, 0) is 18.8 Å². The van der Waals surface area contributed by atoms with E-state index in [0.29, 0.717) is 6.42 Å². The number of nitrogens with zero attached hydrogens (tertiary/aromatic N) is 3. The zero-order chi connectivity index (χ0) is 13.1. The number of rotatable bonds is 0. The number of nitrogens with one attached hydrogen (secondary N) is 1. The molecule has 0 unspecified atom stereocenters. The third kappa shape index (κ3) is 0.766. The molecule has 5 heteroatoms. The Balaban J connectivity index is 2.90. The van der Waals surface area contributed by atoms with Crippen molar-refractivity contribution in [2.24, 2.45) is 16.2 Å². The van der Waals surface area contributed by atoms with E-state index in [0.717, 1.165) is 0 Å². The van der Waals surface area contributed by atoms with Gasteiger partial charge < -0.3 is 4.74 Å². The predicted molar refractivity (Wildman–Crippen MR) is 57.3 cm³/mol. The van der Waals surface area contributed by atoms with Gasteiger partial charge in [0.1, 0.15) is 5.60 Å². The Bertz CT molecular complexity index is 530. The van der Waals surface area contributed by atoms with Crippen molar-refractivity contribution in [2.45, 2.75) is 32.8 Å². The van der Waals surface area contributed by atoms with Gasteiger partial charge in [0.15, 0.2) is 5.41 Å². The minimum atomic E-state index is -1.60. The summed E-state index contributed by atoms with van der Waals surface area (Å²) in [6, 6.07) is 5.95. The molecule has 1 aliphatic heterocycles. The number of hydrogen-bond acceptors (Lipinski definition) is 5. The van der Waals surface area contributed by atoms with E-state index < -0.39 is 21.8 Å². The van der Waals surface area contributed by atoms with Crippen molar-refractivity contribution in [3.63, 3.8) is 0 Å². The molecular formula is C12H12N4O. The minimum absolute atomic E-state index is 0.248. The fraction of sp³-hybridized carbons (Fsp3) is 0.667. The molecule has 0 aromatic heterocycles. The van der Waals surface area contributed by atoms with Gasteiger partial charge in [-0.2, -0.15) is 15.8 Å². The maximum atomic E-state index is 9.49. The van der Waals surface area contributed by atoms with Crippen molar-refractivity contribution >= 4 is 5.90 Å². The molecule has 2 aliphatic rings. The summed E-state index contributed by atoms with van der Waals surface area (Å²) >= 11 is 0. The van der Waals surface area contributed by atoms with Crippen LogP contribution in [0.2, 0.25) is 0 Å². The second-order valence-corrected chi connectivity index (χ2v) is 5.56. The highest BCUT2D eigenvalue weighted by atomic mass is 16.5. The molecule has 0 spiro atoms. The second kappa shape index (κ2) is 2.60. The third-order valence-electron chi connectivity index (χ3n) is 4.32. The SMILES string of the molecule is CC1(C)C[C@]2(C)OC(=N)[C@@]1(C#N)C2(C#N)C#N. The predicted octanol–water partition coefficient (Wildman–Crippen LogP) is 1.73. The largest absolute Gasteiger partial charge is 0.471 e. The van der Waals surface area contributed by atoms with Gasteiger partial charge in [-0.1, -0.05) is 13.8 Å². The zero-order valence-corrected chi connectivity index (χ0v) is 9.96. The molecule has 5 nitrogen and oxygen atoms in total. The fourth-order valence-electron chi connectivity index (χ4n) is 3.62. The van der Waals surface area contributed by atoms with Gasteiger partial charge >= 0.3 is 0 Å². The molecule has 0 aromatic carbocycles. The number of fused-ring (bicyclic) bond motifs is 2. The lowest BCUT2D eigenvalue weighted by Gasteiger charge is -2.37. The van der Waals surface area contributed by atoms with Crippen LogP contribution in [0.1, 0.15) is 27.2 Å². The molecule has 0 radical (unpaired) electrons. The Labute approximate surface area is 99.7 Å². The number of ether oxygens (including phenoxy) is 1. The quantitative estimate of drug-likeness (QED) is 0.681. The molecule has 1 saturated heterocycles. The van der Waals surface area contributed by atoms with Crippen LogP contribution in [0.15, 0.2) is 0 Å². The van der Waals surface area contributed by atoms with Crippen molar-refractivity contribution in [1.29, 1.82) is 21.2 Å². The van der Waals surface area contributed by atoms with Crippen molar-refractivity contribution in [1.82, 2.24) is 0 Å². The third-order valence-corrected chi connectivity index (χ3v) is 4.32. The first-order valence-electron chi connectivity index (χ1n) is 5.29. The molecule has 1 saturated carbocycles. The van der Waals surface area contributed by atoms with Gasteiger partial charge in [0.25, 0.3) is 0 Å². The first-order chi connectivity index (χ1) is 7.77. The lowest BCUT2D eigenvalue weighted by Crippen LogP contribution is -2.46. The van der Waals surface area contributed by atoms with Crippen LogP contribution >= 0.6 is 0 Å². The van der Waals surface area contributed by atoms with Gasteiger partial charge in [0, 0.05) is 0 Å². The average Bonchev–Trinajstić information content (AvgIpc) is 2.50. The summed E-state index contributed by atoms with van der Waals surface area (Å²) in [6.07, 6.45) is 0.414. The molecule has 17 heavy (non-hydrogen) atoms. The Kier molecular flexibility index (Phi) is 1.75. The minimum Gasteiger partial charge on any atom is -0.471 e. The topological polar surface area (TPSA) is 104 Å². The van der Waals surface area contributed by atoms with Crippen LogP contribution in [0.3, 0.4) is 0 Å². The summed E-state index contributed by atoms with van der Waals surface area (Å²) in [5.41, 5.74) is -4.78. The van der Waals surface area contributed by atoms with E-state index >= 15 is 0 Å². The Morgan fingerprint density at radius 1 is 1.12 bits per heavy atom. The summed E-state index contributed by atoms with van der Waals surface area (Å²) in [4.78, 5) is 0. The highest BCUT2D eigenvalue weighted by Crippen LogP contribution is 2.72. The number of nitriles is 3. The van der Waals surface area contributed by atoms with E-state index in [1.54, 1.807) is 6.92 Å². The molecule has 0 aromatic rings. The maximum Gasteiger partial charge on any atom is 0.210 e. The summed E-state index contributed by atoms with van der Waals surface area (Å²) in [6.45, 7) is 5.26. The first kappa shape index (κ1) is 11.4. The highest BCUT2D eigenvalue weighted by Gasteiger charge is 2.84. The van der Waals surface area contributed by atoms with Gasteiger partial charge in [-0.3, -0.25) is 5.41 Å². The first-order valence-corrected chi connectivity index (χ1v) is 5.29. The standard InChI is InChI=1S/C12H12N4O/c1-9(2)4-10(3)11(5-13,6-14)12(9,7-15)8(16)17-10/h16H,4H2,1-3H3/t10-,12+/m0/s1. The summed E-state index contributed by atoms with van der Waals surface area (Å²) in [5.74, 6) is -0.248. The van der Waals surface area contributed by atoms with E-state index in [1.807, 2.05) is 32.1 Å². The average molecular weight is 228 g/mol. The van der Waals surface area contributed by atoms with Crippen LogP contribution in [-0.2, 0) is 4.74 Å². The maximum absolute atomic E-state index is 9.49. The molecule has 0 amide bonds. The van der Waals surface area contributed by atoms with Crippen molar-refractivity contribution < 1.29 is 4.74 Å². The number of hydrogen-bond donors (Lipinski definition) is 1. The Morgan fingerprint density at radius 2 is 1.65 bits per heavy atom. The van der Waals surface area contributed by atoms with E-state index in [2.05, 4.69) is 0 Å². The molecule has 1 heterocycles. The second-order valence-electron chi connectivity index (χ2n) is 5.56. The molecule has 2 atom stereocenters. The summed E-state index contributed by atoms with van der Waals surface area (Å²) < 4.78 is 5.39. The lowest BCUT2D eigenvalue weighted by molar-refractivity contribution is 0.0376. The monoisotopic (exact) mass is 228 g/mol. The normalized spacial score (nSPS) is 39.9. The van der Waals surface area contributed by atoms with Crippen molar-refractivity contribution in [3.8, 4) is 18.2 Å². The van der Waals surface area contributed by atoms with Crippen molar-refractivity contribution in [2.75, 3.05) is 0 Å². The Morgan fingerprint density at radius 3 is 1.94 bits per heavy atom. The van der Waals surface area contributed by atoms with Gasteiger partial charge in [-0.25, -0.2) is 0 Å². The summed E-state index contributed by atoms with van der Waals surface area (Å²) in [5, 5.41) is 36.2. The molecular weight excluding hydrogens is 216 g/mol. The van der Waals surface area contributed by atoms with Crippen molar-refractivity contribution in [3.05, 3.63) is 0 Å². The van der Waals surface area contributed by atoms with Crippen LogP contribution in [-0.4, -0.2) is 11.5 Å². The lowest BCUT2D eigenvalue weighted by atomic mass is 9.58. The van der Waals surface area contributed by atoms with E-state index in [9.17, 15) is 15.8 Å². The van der Waals surface area contributed by atoms with E-state index in [1.165, 1.54) is 0 Å². The highest BCUT2D eigenvalue weighted by molar-refractivity contribution is 5.91.